The number of ether oxygens (including phenoxy) is 1. The molecule has 2 heterocycles. The Balaban J connectivity index is 2.15. The van der Waals surface area contributed by atoms with E-state index in [2.05, 4.69) is 20.6 Å². The summed E-state index contributed by atoms with van der Waals surface area (Å²) in [6.45, 7) is 4.14. The van der Waals surface area contributed by atoms with Crippen LogP contribution in [-0.2, 0) is 0 Å². The summed E-state index contributed by atoms with van der Waals surface area (Å²) < 4.78 is 6.70. The molecule has 80 valence electrons. The van der Waals surface area contributed by atoms with Gasteiger partial charge in [-0.05, 0) is 30.3 Å². The molecule has 2 aromatic rings. The third-order valence-electron chi connectivity index (χ3n) is 1.64. The summed E-state index contributed by atoms with van der Waals surface area (Å²) in [7, 11) is 0. The molecular weight excluding hydrogens is 196 g/mol. The maximum Gasteiger partial charge on any atom is 0.233 e. The highest BCUT2D eigenvalue weighted by molar-refractivity contribution is 5.34. The quantitative estimate of drug-likeness (QED) is 0.740. The number of hydrogen-bond donors (Lipinski definition) is 1. The highest BCUT2D eigenvalue weighted by atomic mass is 16.5. The van der Waals surface area contributed by atoms with E-state index in [9.17, 15) is 0 Å². The average Bonchev–Trinajstić information content (AvgIpc) is 2.60. The molecule has 7 heteroatoms. The monoisotopic (exact) mass is 208 g/mol. The fourth-order valence-corrected chi connectivity index (χ4v) is 0.970. The van der Waals surface area contributed by atoms with Gasteiger partial charge in [-0.3, -0.25) is 0 Å². The van der Waals surface area contributed by atoms with E-state index in [1.165, 1.54) is 4.63 Å². The molecule has 0 saturated carbocycles. The first-order valence-electron chi connectivity index (χ1n) is 4.52. The molecule has 2 rings (SSSR count). The van der Waals surface area contributed by atoms with Crippen LogP contribution in [0.5, 0.6) is 5.88 Å². The lowest BCUT2D eigenvalue weighted by molar-refractivity contribution is 0.231. The molecule has 0 spiro atoms. The summed E-state index contributed by atoms with van der Waals surface area (Å²) in [6.07, 6.45) is 0. The van der Waals surface area contributed by atoms with E-state index in [1.54, 1.807) is 12.1 Å². The fraction of sp³-hybridized carbons (Fsp3) is 0.500. The molecule has 0 aliphatic rings. The zero-order valence-electron chi connectivity index (χ0n) is 8.58. The van der Waals surface area contributed by atoms with Gasteiger partial charge in [0.05, 0.1) is 0 Å². The molecule has 0 bridgehead atoms. The Morgan fingerprint density at radius 2 is 2.27 bits per heavy atom. The number of aromatic nitrogens is 5. The van der Waals surface area contributed by atoms with Crippen LogP contribution in [0, 0.1) is 0 Å². The van der Waals surface area contributed by atoms with Gasteiger partial charge in [0, 0.05) is 11.6 Å². The van der Waals surface area contributed by atoms with Gasteiger partial charge in [-0.1, -0.05) is 0 Å². The Morgan fingerprint density at radius 1 is 1.47 bits per heavy atom. The van der Waals surface area contributed by atoms with Crippen LogP contribution < -0.4 is 10.5 Å². The van der Waals surface area contributed by atoms with Crippen molar-refractivity contribution in [3.63, 3.8) is 0 Å². The second-order valence-electron chi connectivity index (χ2n) is 3.98. The van der Waals surface area contributed by atoms with Gasteiger partial charge in [-0.15, -0.1) is 14.8 Å². The van der Waals surface area contributed by atoms with Crippen molar-refractivity contribution in [1.29, 1.82) is 0 Å². The second-order valence-corrected chi connectivity index (χ2v) is 3.98. The smallest absolute Gasteiger partial charge is 0.233 e. The van der Waals surface area contributed by atoms with Crippen molar-refractivity contribution in [2.24, 2.45) is 5.73 Å². The minimum absolute atomic E-state index is 0.383. The van der Waals surface area contributed by atoms with Crippen LogP contribution in [0.2, 0.25) is 0 Å². The number of rotatable bonds is 3. The van der Waals surface area contributed by atoms with E-state index in [4.69, 9.17) is 10.5 Å². The lowest BCUT2D eigenvalue weighted by Gasteiger charge is -2.17. The number of hydrogen-bond acceptors (Lipinski definition) is 6. The molecule has 0 unspecified atom stereocenters. The van der Waals surface area contributed by atoms with Gasteiger partial charge in [0.2, 0.25) is 5.88 Å². The summed E-state index contributed by atoms with van der Waals surface area (Å²) in [5.74, 6) is 0.452. The topological polar surface area (TPSA) is 91.2 Å². The highest BCUT2D eigenvalue weighted by Crippen LogP contribution is 2.08. The van der Waals surface area contributed by atoms with Crippen LogP contribution in [0.1, 0.15) is 13.8 Å². The van der Waals surface area contributed by atoms with Gasteiger partial charge in [-0.25, -0.2) is 0 Å². The molecule has 0 amide bonds. The van der Waals surface area contributed by atoms with Gasteiger partial charge in [0.1, 0.15) is 6.61 Å². The van der Waals surface area contributed by atoms with E-state index >= 15 is 0 Å². The number of tetrazole rings is 1. The van der Waals surface area contributed by atoms with E-state index < -0.39 is 5.54 Å². The molecule has 0 aliphatic carbocycles. The predicted octanol–water partition coefficient (Wildman–Crippen LogP) is -0.365. The van der Waals surface area contributed by atoms with Crippen molar-refractivity contribution in [3.8, 4) is 5.88 Å². The fourth-order valence-electron chi connectivity index (χ4n) is 0.970. The first-order valence-corrected chi connectivity index (χ1v) is 4.52. The van der Waals surface area contributed by atoms with Crippen molar-refractivity contribution >= 4 is 5.65 Å². The molecular formula is C8H12N6O. The van der Waals surface area contributed by atoms with Crippen LogP contribution in [-0.4, -0.2) is 37.4 Å². The Morgan fingerprint density at radius 3 is 3.00 bits per heavy atom. The molecule has 0 aromatic carbocycles. The largest absolute Gasteiger partial charge is 0.475 e. The normalized spacial score (nSPS) is 11.9. The molecule has 7 nitrogen and oxygen atoms in total. The first-order chi connectivity index (χ1) is 7.04. The van der Waals surface area contributed by atoms with Crippen molar-refractivity contribution in [2.45, 2.75) is 19.4 Å². The molecule has 0 saturated heterocycles. The average molecular weight is 208 g/mol. The SMILES string of the molecule is CC(C)(N)COc1ccc2nnnn2n1. The van der Waals surface area contributed by atoms with Crippen LogP contribution in [0.3, 0.4) is 0 Å². The van der Waals surface area contributed by atoms with Gasteiger partial charge < -0.3 is 10.5 Å². The van der Waals surface area contributed by atoms with E-state index in [0.29, 0.717) is 18.1 Å². The van der Waals surface area contributed by atoms with Crippen LogP contribution >= 0.6 is 0 Å². The summed E-state index contributed by atoms with van der Waals surface area (Å²) >= 11 is 0. The maximum atomic E-state index is 5.78. The molecule has 0 aliphatic heterocycles. The highest BCUT2D eigenvalue weighted by Gasteiger charge is 2.12. The summed E-state index contributed by atoms with van der Waals surface area (Å²) in [6, 6.07) is 3.43. The van der Waals surface area contributed by atoms with Crippen molar-refractivity contribution in [1.82, 2.24) is 25.3 Å². The summed E-state index contributed by atoms with van der Waals surface area (Å²) in [5.41, 5.74) is 5.96. The standard InChI is InChI=1S/C8H12N6O/c1-8(2,9)5-15-7-4-3-6-10-12-13-14(6)11-7/h3-4H,5,9H2,1-2H3. The Hall–Kier alpha value is -1.76. The predicted molar refractivity (Wildman–Crippen MR) is 52.3 cm³/mol. The summed E-state index contributed by atoms with van der Waals surface area (Å²) in [5, 5.41) is 14.9. The van der Waals surface area contributed by atoms with E-state index in [0.717, 1.165) is 0 Å². The second kappa shape index (κ2) is 3.43. The van der Waals surface area contributed by atoms with Gasteiger partial charge in [0.15, 0.2) is 5.65 Å². The molecule has 2 aromatic heterocycles. The zero-order chi connectivity index (χ0) is 10.9. The van der Waals surface area contributed by atoms with Crippen LogP contribution in [0.15, 0.2) is 12.1 Å². The number of nitrogens with two attached hydrogens (primary N) is 1. The van der Waals surface area contributed by atoms with E-state index in [1.807, 2.05) is 13.8 Å². The lowest BCUT2D eigenvalue weighted by atomic mass is 10.1. The van der Waals surface area contributed by atoms with Crippen LogP contribution in [0.4, 0.5) is 0 Å². The zero-order valence-corrected chi connectivity index (χ0v) is 8.58. The Kier molecular flexibility index (Phi) is 2.24. The van der Waals surface area contributed by atoms with E-state index in [-0.39, 0.29) is 0 Å². The Labute approximate surface area is 86.2 Å². The molecule has 0 fully saturated rings. The maximum absolute atomic E-state index is 5.78. The molecule has 15 heavy (non-hydrogen) atoms. The molecule has 2 N–H and O–H groups in total. The third kappa shape index (κ3) is 2.38. The van der Waals surface area contributed by atoms with Crippen LogP contribution in [0.25, 0.3) is 5.65 Å². The van der Waals surface area contributed by atoms with Crippen molar-refractivity contribution in [3.05, 3.63) is 12.1 Å². The van der Waals surface area contributed by atoms with Gasteiger partial charge in [-0.2, -0.15) is 0 Å². The third-order valence-corrected chi connectivity index (χ3v) is 1.64. The van der Waals surface area contributed by atoms with Crippen molar-refractivity contribution in [2.75, 3.05) is 6.61 Å². The number of nitrogens with zero attached hydrogens (tertiary/aromatic N) is 5. The first kappa shape index (κ1) is 9.78. The van der Waals surface area contributed by atoms with Gasteiger partial charge >= 0.3 is 0 Å². The minimum atomic E-state index is -0.392. The molecule has 0 radical (unpaired) electrons. The minimum Gasteiger partial charge on any atom is -0.475 e. The van der Waals surface area contributed by atoms with Crippen molar-refractivity contribution < 1.29 is 4.74 Å². The molecule has 0 atom stereocenters. The van der Waals surface area contributed by atoms with Gasteiger partial charge in [0.25, 0.3) is 0 Å². The Bertz CT molecular complexity index is 459. The summed E-state index contributed by atoms with van der Waals surface area (Å²) in [4.78, 5) is 0. The number of fused-ring (bicyclic) bond motifs is 1. The lowest BCUT2D eigenvalue weighted by Crippen LogP contribution is -2.38.